The van der Waals surface area contributed by atoms with Crippen LogP contribution in [0.25, 0.3) is 0 Å². The number of phosphoric ester groups is 1. The predicted octanol–water partition coefficient (Wildman–Crippen LogP) is -2.27. The van der Waals surface area contributed by atoms with Crippen molar-refractivity contribution >= 4 is 7.82 Å². The smallest absolute Gasteiger partial charge is 0.388 e. The summed E-state index contributed by atoms with van der Waals surface area (Å²) < 4.78 is 13.1. The average molecular weight is 174 g/mol. The van der Waals surface area contributed by atoms with Gasteiger partial charge >= 0.3 is 13.8 Å². The van der Waals surface area contributed by atoms with Gasteiger partial charge in [-0.15, -0.1) is 0 Å². The minimum atomic E-state index is -4.96. The Labute approximate surface area is 55.7 Å². The summed E-state index contributed by atoms with van der Waals surface area (Å²) in [7, 11) is -4.96. The molecule has 0 radical (unpaired) electrons. The molecule has 0 aromatic rings. The minimum Gasteiger partial charge on any atom is -0.388 e. The van der Waals surface area contributed by atoms with Crippen molar-refractivity contribution in [1.29, 1.82) is 0 Å². The number of aliphatic hydroxyl groups excluding tert-OH is 1. The second-order valence-electron chi connectivity index (χ2n) is 1.48. The van der Waals surface area contributed by atoms with Crippen LogP contribution >= 0.6 is 7.82 Å². The van der Waals surface area contributed by atoms with E-state index in [0.29, 0.717) is 0 Å². The van der Waals surface area contributed by atoms with Crippen LogP contribution in [0.1, 0.15) is 0 Å². The van der Waals surface area contributed by atoms with Crippen LogP contribution < -0.4 is 0 Å². The molecule has 0 aromatic carbocycles. The van der Waals surface area contributed by atoms with Crippen LogP contribution in [0.4, 0.5) is 0 Å². The normalized spacial score (nSPS) is 13.7. The van der Waals surface area contributed by atoms with E-state index in [9.17, 15) is 4.57 Å². The van der Waals surface area contributed by atoms with E-state index in [-0.39, 0.29) is 0 Å². The van der Waals surface area contributed by atoms with Crippen LogP contribution in [0.5, 0.6) is 0 Å². The van der Waals surface area contributed by atoms with E-state index in [0.717, 1.165) is 0 Å². The Morgan fingerprint density at radius 3 is 1.90 bits per heavy atom. The molecule has 0 aliphatic heterocycles. The van der Waals surface area contributed by atoms with Gasteiger partial charge < -0.3 is 25.1 Å². The molecule has 0 spiro atoms. The summed E-state index contributed by atoms with van der Waals surface area (Å²) in [5.74, 6) is -3.18. The van der Waals surface area contributed by atoms with Crippen LogP contribution in [0.2, 0.25) is 0 Å². The Hall–Kier alpha value is -0.0100. The molecule has 0 aliphatic carbocycles. The molecule has 0 rings (SSSR count). The Kier molecular flexibility index (Phi) is 2.93. The summed E-state index contributed by atoms with van der Waals surface area (Å²) in [5.41, 5.74) is 0. The van der Waals surface area contributed by atoms with Gasteiger partial charge in [-0.25, -0.2) is 9.09 Å². The van der Waals surface area contributed by atoms with Gasteiger partial charge in [-0.2, -0.15) is 0 Å². The van der Waals surface area contributed by atoms with Gasteiger partial charge in [0.15, 0.2) is 0 Å². The van der Waals surface area contributed by atoms with Crippen LogP contribution in [-0.4, -0.2) is 37.7 Å². The fourth-order valence-electron chi connectivity index (χ4n) is 0.219. The minimum absolute atomic E-state index is 1.32. The average Bonchev–Trinajstić information content (AvgIpc) is 1.60. The molecule has 0 aliphatic rings. The number of hydrogen-bond donors (Lipinski definition) is 5. The standard InChI is InChI=1S/C2H7O7P/c3-1-2(4,5)9-10(6,7)8/h3-5H,1H2,(H2,6,7,8). The van der Waals surface area contributed by atoms with Gasteiger partial charge in [0.05, 0.1) is 0 Å². The van der Waals surface area contributed by atoms with Crippen molar-refractivity contribution in [2.24, 2.45) is 0 Å². The van der Waals surface area contributed by atoms with Gasteiger partial charge in [-0.1, -0.05) is 0 Å². The summed E-state index contributed by atoms with van der Waals surface area (Å²) in [6.45, 7) is -1.32. The van der Waals surface area contributed by atoms with Crippen molar-refractivity contribution < 1.29 is 34.2 Å². The Bertz CT molecular complexity index is 146. The predicted molar refractivity (Wildman–Crippen MR) is 27.4 cm³/mol. The number of hydrogen-bond acceptors (Lipinski definition) is 5. The van der Waals surface area contributed by atoms with Crippen LogP contribution in [0.15, 0.2) is 0 Å². The monoisotopic (exact) mass is 174 g/mol. The largest absolute Gasteiger partial charge is 0.474 e. The Balaban J connectivity index is 4.02. The molecule has 8 heteroatoms. The third-order valence-electron chi connectivity index (χ3n) is 0.471. The first-order valence-electron chi connectivity index (χ1n) is 2.09. The van der Waals surface area contributed by atoms with Crippen molar-refractivity contribution in [2.45, 2.75) is 5.97 Å². The SMILES string of the molecule is O=P(O)(O)OC(O)(O)CO. The van der Waals surface area contributed by atoms with Gasteiger partial charge in [-0.05, 0) is 0 Å². The molecule has 0 saturated heterocycles. The van der Waals surface area contributed by atoms with Crippen LogP contribution in [0, 0.1) is 0 Å². The van der Waals surface area contributed by atoms with Crippen molar-refractivity contribution in [3.05, 3.63) is 0 Å². The molecule has 7 nitrogen and oxygen atoms in total. The van der Waals surface area contributed by atoms with E-state index in [4.69, 9.17) is 25.1 Å². The van der Waals surface area contributed by atoms with E-state index in [1.54, 1.807) is 0 Å². The summed E-state index contributed by atoms with van der Waals surface area (Å²) in [4.78, 5) is 15.9. The molecule has 62 valence electrons. The summed E-state index contributed by atoms with van der Waals surface area (Å²) in [6.07, 6.45) is 0. The first kappa shape index (κ1) is 9.99. The van der Waals surface area contributed by atoms with Gasteiger partial charge in [0.25, 0.3) is 0 Å². The zero-order chi connectivity index (χ0) is 8.41. The molecule has 0 saturated carbocycles. The van der Waals surface area contributed by atoms with Gasteiger partial charge in [0.1, 0.15) is 6.61 Å². The van der Waals surface area contributed by atoms with E-state index in [1.807, 2.05) is 0 Å². The molecule has 0 bridgehead atoms. The van der Waals surface area contributed by atoms with E-state index >= 15 is 0 Å². The second kappa shape index (κ2) is 2.93. The fraction of sp³-hybridized carbons (Fsp3) is 1.00. The maximum Gasteiger partial charge on any atom is 0.474 e. The molecule has 0 fully saturated rings. The highest BCUT2D eigenvalue weighted by Crippen LogP contribution is 2.39. The second-order valence-corrected chi connectivity index (χ2v) is 2.65. The quantitative estimate of drug-likeness (QED) is 0.241. The Morgan fingerprint density at radius 1 is 1.40 bits per heavy atom. The van der Waals surface area contributed by atoms with E-state index < -0.39 is 20.4 Å². The van der Waals surface area contributed by atoms with Gasteiger partial charge in [-0.3, -0.25) is 0 Å². The molecular formula is C2H7O7P. The summed E-state index contributed by atoms with van der Waals surface area (Å²) in [5, 5.41) is 24.5. The number of rotatable bonds is 3. The van der Waals surface area contributed by atoms with Crippen LogP contribution in [0.3, 0.4) is 0 Å². The van der Waals surface area contributed by atoms with Gasteiger partial charge in [0.2, 0.25) is 0 Å². The molecule has 10 heavy (non-hydrogen) atoms. The first-order valence-corrected chi connectivity index (χ1v) is 3.62. The molecule has 0 atom stereocenters. The zero-order valence-corrected chi connectivity index (χ0v) is 5.60. The number of aliphatic hydroxyl groups is 3. The molecule has 0 aromatic heterocycles. The van der Waals surface area contributed by atoms with Crippen molar-refractivity contribution in [3.63, 3.8) is 0 Å². The maximum atomic E-state index is 9.85. The molecular weight excluding hydrogens is 167 g/mol. The number of phosphoric acid groups is 1. The molecule has 0 amide bonds. The van der Waals surface area contributed by atoms with Crippen molar-refractivity contribution in [1.82, 2.24) is 0 Å². The van der Waals surface area contributed by atoms with Crippen molar-refractivity contribution in [2.75, 3.05) is 6.61 Å². The Morgan fingerprint density at radius 2 is 1.80 bits per heavy atom. The van der Waals surface area contributed by atoms with E-state index in [2.05, 4.69) is 4.52 Å². The highest BCUT2D eigenvalue weighted by Gasteiger charge is 2.32. The lowest BCUT2D eigenvalue weighted by atomic mass is 10.6. The lowest BCUT2D eigenvalue weighted by Gasteiger charge is -2.18. The van der Waals surface area contributed by atoms with Crippen molar-refractivity contribution in [3.8, 4) is 0 Å². The summed E-state index contributed by atoms with van der Waals surface area (Å²) in [6, 6.07) is 0. The molecule has 0 unspecified atom stereocenters. The lowest BCUT2D eigenvalue weighted by molar-refractivity contribution is -0.313. The summed E-state index contributed by atoms with van der Waals surface area (Å²) >= 11 is 0. The fourth-order valence-corrected chi connectivity index (χ4v) is 0.658. The lowest BCUT2D eigenvalue weighted by Crippen LogP contribution is -2.34. The van der Waals surface area contributed by atoms with Crippen LogP contribution in [-0.2, 0) is 9.09 Å². The highest BCUT2D eigenvalue weighted by atomic mass is 31.2. The molecule has 0 heterocycles. The first-order chi connectivity index (χ1) is 4.27. The van der Waals surface area contributed by atoms with E-state index in [1.165, 1.54) is 0 Å². The zero-order valence-electron chi connectivity index (χ0n) is 4.71. The molecule has 5 N–H and O–H groups in total. The maximum absolute atomic E-state index is 9.85. The topological polar surface area (TPSA) is 127 Å². The highest BCUT2D eigenvalue weighted by molar-refractivity contribution is 7.46. The third kappa shape index (κ3) is 4.83. The van der Waals surface area contributed by atoms with Gasteiger partial charge in [0, 0.05) is 0 Å². The third-order valence-corrected chi connectivity index (χ3v) is 1.00.